The van der Waals surface area contributed by atoms with Gasteiger partial charge >= 0.3 is 0 Å². The first-order valence-corrected chi connectivity index (χ1v) is 5.72. The van der Waals surface area contributed by atoms with E-state index in [1.165, 1.54) is 32.4 Å². The maximum absolute atomic E-state index is 6.10. The Bertz CT molecular complexity index is 181. The van der Waals surface area contributed by atoms with Crippen LogP contribution in [-0.2, 0) is 0 Å². The van der Waals surface area contributed by atoms with Gasteiger partial charge in [0.25, 0.3) is 0 Å². The quantitative estimate of drug-likeness (QED) is 0.700. The summed E-state index contributed by atoms with van der Waals surface area (Å²) in [5, 5.41) is 0. The van der Waals surface area contributed by atoms with Crippen LogP contribution < -0.4 is 5.73 Å². The van der Waals surface area contributed by atoms with Gasteiger partial charge in [-0.05, 0) is 38.0 Å². The third kappa shape index (κ3) is 1.62. The molecule has 2 heteroatoms. The fourth-order valence-electron chi connectivity index (χ4n) is 2.96. The summed E-state index contributed by atoms with van der Waals surface area (Å²) in [5.74, 6) is 1.73. The number of hydrogen-bond acceptors (Lipinski definition) is 2. The maximum atomic E-state index is 6.10. The minimum atomic E-state index is 0.499. The SMILES string of the molecule is CC[C@H](C)N1CC2CCC(N)C2C1. The molecule has 1 aliphatic heterocycles. The molecule has 4 atom stereocenters. The molecule has 0 aromatic carbocycles. The van der Waals surface area contributed by atoms with E-state index in [1.54, 1.807) is 0 Å². The largest absolute Gasteiger partial charge is 0.327 e. The third-order valence-electron chi connectivity index (χ3n) is 4.15. The Hall–Kier alpha value is -0.0800. The lowest BCUT2D eigenvalue weighted by Gasteiger charge is -2.24. The molecule has 1 heterocycles. The zero-order chi connectivity index (χ0) is 9.42. The smallest absolute Gasteiger partial charge is 0.00826 e. The molecule has 1 saturated heterocycles. The predicted molar refractivity (Wildman–Crippen MR) is 55.5 cm³/mol. The molecule has 2 fully saturated rings. The van der Waals surface area contributed by atoms with Crippen LogP contribution in [0.3, 0.4) is 0 Å². The van der Waals surface area contributed by atoms with Crippen LogP contribution in [0, 0.1) is 11.8 Å². The topological polar surface area (TPSA) is 29.3 Å². The first kappa shape index (κ1) is 9.47. The molecule has 2 nitrogen and oxygen atoms in total. The van der Waals surface area contributed by atoms with Crippen LogP contribution in [-0.4, -0.2) is 30.1 Å². The Kier molecular flexibility index (Phi) is 2.61. The molecule has 13 heavy (non-hydrogen) atoms. The van der Waals surface area contributed by atoms with Crippen molar-refractivity contribution < 1.29 is 0 Å². The standard InChI is InChI=1S/C11H22N2/c1-3-8(2)13-6-9-4-5-11(12)10(9)7-13/h8-11H,3-7,12H2,1-2H3/t8-,9?,10?,11?/m0/s1. The van der Waals surface area contributed by atoms with Gasteiger partial charge in [0.05, 0.1) is 0 Å². The molecule has 0 aromatic heterocycles. The molecule has 3 unspecified atom stereocenters. The summed E-state index contributed by atoms with van der Waals surface area (Å²) in [4.78, 5) is 2.63. The van der Waals surface area contributed by atoms with Crippen molar-refractivity contribution in [3.63, 3.8) is 0 Å². The molecule has 0 bridgehead atoms. The van der Waals surface area contributed by atoms with E-state index in [9.17, 15) is 0 Å². The lowest BCUT2D eigenvalue weighted by Crippen LogP contribution is -2.34. The molecule has 2 aliphatic rings. The average Bonchev–Trinajstić information content (AvgIpc) is 2.67. The number of rotatable bonds is 2. The number of likely N-dealkylation sites (tertiary alicyclic amines) is 1. The zero-order valence-electron chi connectivity index (χ0n) is 8.87. The van der Waals surface area contributed by atoms with E-state index >= 15 is 0 Å². The van der Waals surface area contributed by atoms with E-state index < -0.39 is 0 Å². The fourth-order valence-corrected chi connectivity index (χ4v) is 2.96. The summed E-state index contributed by atoms with van der Waals surface area (Å²) in [6.07, 6.45) is 3.91. The lowest BCUT2D eigenvalue weighted by atomic mass is 9.98. The molecule has 0 aromatic rings. The molecule has 76 valence electrons. The van der Waals surface area contributed by atoms with Crippen molar-refractivity contribution in [2.75, 3.05) is 13.1 Å². The van der Waals surface area contributed by atoms with E-state index in [1.807, 2.05) is 0 Å². The summed E-state index contributed by atoms with van der Waals surface area (Å²) >= 11 is 0. The van der Waals surface area contributed by atoms with Crippen molar-refractivity contribution in [1.29, 1.82) is 0 Å². The summed E-state index contributed by atoms with van der Waals surface area (Å²) in [6.45, 7) is 7.19. The van der Waals surface area contributed by atoms with Gasteiger partial charge in [0.1, 0.15) is 0 Å². The lowest BCUT2D eigenvalue weighted by molar-refractivity contribution is 0.231. The molecule has 0 spiro atoms. The first-order chi connectivity index (χ1) is 6.22. The molecule has 2 N–H and O–H groups in total. The fraction of sp³-hybridized carbons (Fsp3) is 1.00. The minimum Gasteiger partial charge on any atom is -0.327 e. The Morgan fingerprint density at radius 3 is 2.77 bits per heavy atom. The van der Waals surface area contributed by atoms with Crippen LogP contribution >= 0.6 is 0 Å². The van der Waals surface area contributed by atoms with Gasteiger partial charge in [-0.1, -0.05) is 6.92 Å². The van der Waals surface area contributed by atoms with Gasteiger partial charge in [0.15, 0.2) is 0 Å². The average molecular weight is 182 g/mol. The van der Waals surface area contributed by atoms with Gasteiger partial charge < -0.3 is 10.6 Å². The van der Waals surface area contributed by atoms with Gasteiger partial charge in [-0.2, -0.15) is 0 Å². The second-order valence-electron chi connectivity index (χ2n) is 4.88. The number of fused-ring (bicyclic) bond motifs is 1. The highest BCUT2D eigenvalue weighted by atomic mass is 15.2. The summed E-state index contributed by atoms with van der Waals surface area (Å²) in [5.41, 5.74) is 6.10. The molecule has 0 radical (unpaired) electrons. The third-order valence-corrected chi connectivity index (χ3v) is 4.15. The minimum absolute atomic E-state index is 0.499. The first-order valence-electron chi connectivity index (χ1n) is 5.72. The summed E-state index contributed by atoms with van der Waals surface area (Å²) in [6, 6.07) is 1.26. The molecule has 1 aliphatic carbocycles. The van der Waals surface area contributed by atoms with Crippen molar-refractivity contribution in [1.82, 2.24) is 4.90 Å². The highest BCUT2D eigenvalue weighted by molar-refractivity contribution is 4.96. The van der Waals surface area contributed by atoms with E-state index in [-0.39, 0.29) is 0 Å². The molecule has 1 saturated carbocycles. The van der Waals surface area contributed by atoms with Crippen LogP contribution in [0.15, 0.2) is 0 Å². The Balaban J connectivity index is 1.94. The van der Waals surface area contributed by atoms with Crippen molar-refractivity contribution in [2.45, 2.75) is 45.2 Å². The van der Waals surface area contributed by atoms with Crippen LogP contribution in [0.5, 0.6) is 0 Å². The van der Waals surface area contributed by atoms with Gasteiger partial charge in [0, 0.05) is 25.2 Å². The van der Waals surface area contributed by atoms with E-state index in [4.69, 9.17) is 5.73 Å². The normalized spacial score (nSPS) is 42.2. The van der Waals surface area contributed by atoms with Crippen LogP contribution in [0.25, 0.3) is 0 Å². The molecular formula is C11H22N2. The second-order valence-corrected chi connectivity index (χ2v) is 4.88. The van der Waals surface area contributed by atoms with E-state index in [2.05, 4.69) is 18.7 Å². The summed E-state index contributed by atoms with van der Waals surface area (Å²) < 4.78 is 0. The Morgan fingerprint density at radius 1 is 1.38 bits per heavy atom. The van der Waals surface area contributed by atoms with Crippen molar-refractivity contribution in [3.8, 4) is 0 Å². The van der Waals surface area contributed by atoms with E-state index in [0.717, 1.165) is 17.9 Å². The Labute approximate surface area is 81.5 Å². The van der Waals surface area contributed by atoms with E-state index in [0.29, 0.717) is 6.04 Å². The predicted octanol–water partition coefficient (Wildman–Crippen LogP) is 1.45. The molecule has 2 rings (SSSR count). The van der Waals surface area contributed by atoms with Gasteiger partial charge in [0.2, 0.25) is 0 Å². The summed E-state index contributed by atoms with van der Waals surface area (Å²) in [7, 11) is 0. The second kappa shape index (κ2) is 3.58. The van der Waals surface area contributed by atoms with Crippen LogP contribution in [0.4, 0.5) is 0 Å². The monoisotopic (exact) mass is 182 g/mol. The van der Waals surface area contributed by atoms with Gasteiger partial charge in [-0.3, -0.25) is 0 Å². The van der Waals surface area contributed by atoms with Crippen molar-refractivity contribution >= 4 is 0 Å². The Morgan fingerprint density at radius 2 is 2.15 bits per heavy atom. The zero-order valence-corrected chi connectivity index (χ0v) is 8.87. The van der Waals surface area contributed by atoms with Crippen molar-refractivity contribution in [2.24, 2.45) is 17.6 Å². The number of nitrogens with zero attached hydrogens (tertiary/aromatic N) is 1. The number of nitrogens with two attached hydrogens (primary N) is 1. The van der Waals surface area contributed by atoms with Gasteiger partial charge in [-0.15, -0.1) is 0 Å². The number of hydrogen-bond donors (Lipinski definition) is 1. The van der Waals surface area contributed by atoms with Crippen LogP contribution in [0.1, 0.15) is 33.1 Å². The molecular weight excluding hydrogens is 160 g/mol. The molecule has 0 amide bonds. The van der Waals surface area contributed by atoms with Crippen molar-refractivity contribution in [3.05, 3.63) is 0 Å². The van der Waals surface area contributed by atoms with Gasteiger partial charge in [-0.25, -0.2) is 0 Å². The highest BCUT2D eigenvalue weighted by Gasteiger charge is 2.41. The highest BCUT2D eigenvalue weighted by Crippen LogP contribution is 2.37. The van der Waals surface area contributed by atoms with Crippen LogP contribution in [0.2, 0.25) is 0 Å². The maximum Gasteiger partial charge on any atom is 0.00826 e.